The van der Waals surface area contributed by atoms with Crippen molar-refractivity contribution in [2.75, 3.05) is 20.6 Å². The van der Waals surface area contributed by atoms with Gasteiger partial charge in [-0.2, -0.15) is 0 Å². The fourth-order valence-electron chi connectivity index (χ4n) is 3.84. The monoisotopic (exact) mass is 268 g/mol. The normalized spacial score (nSPS) is 26.1. The Morgan fingerprint density at radius 1 is 1.05 bits per heavy atom. The molecule has 0 aromatic rings. The second-order valence-electron chi connectivity index (χ2n) is 6.58. The number of rotatable bonds is 8. The van der Waals surface area contributed by atoms with E-state index in [1.54, 1.807) is 0 Å². The Morgan fingerprint density at radius 2 is 1.68 bits per heavy atom. The van der Waals surface area contributed by atoms with E-state index in [1.807, 2.05) is 0 Å². The molecular weight excluding hydrogens is 232 g/mol. The van der Waals surface area contributed by atoms with Crippen LogP contribution in [-0.2, 0) is 0 Å². The van der Waals surface area contributed by atoms with E-state index in [1.165, 1.54) is 51.5 Å². The van der Waals surface area contributed by atoms with Crippen LogP contribution in [0.1, 0.15) is 65.7 Å². The molecule has 0 spiro atoms. The van der Waals surface area contributed by atoms with Gasteiger partial charge in [-0.1, -0.05) is 52.9 Å². The molecule has 1 fully saturated rings. The van der Waals surface area contributed by atoms with Gasteiger partial charge in [-0.15, -0.1) is 0 Å². The maximum Gasteiger partial charge on any atom is 0.0242 e. The summed E-state index contributed by atoms with van der Waals surface area (Å²) in [4.78, 5) is 2.43. The van der Waals surface area contributed by atoms with Crippen molar-refractivity contribution in [1.82, 2.24) is 10.2 Å². The molecule has 19 heavy (non-hydrogen) atoms. The van der Waals surface area contributed by atoms with E-state index >= 15 is 0 Å². The highest BCUT2D eigenvalue weighted by Crippen LogP contribution is 2.27. The highest BCUT2D eigenvalue weighted by atomic mass is 15.1. The predicted molar refractivity (Wildman–Crippen MR) is 85.6 cm³/mol. The molecule has 1 rings (SSSR count). The first-order valence-electron chi connectivity index (χ1n) is 8.53. The fourth-order valence-corrected chi connectivity index (χ4v) is 3.84. The van der Waals surface area contributed by atoms with Crippen molar-refractivity contribution in [2.45, 2.75) is 77.8 Å². The zero-order chi connectivity index (χ0) is 14.3. The average Bonchev–Trinajstić information content (AvgIpc) is 2.43. The molecule has 0 aliphatic heterocycles. The Hall–Kier alpha value is -0.0800. The molecule has 2 heteroatoms. The highest BCUT2D eigenvalue weighted by molar-refractivity contribution is 4.84. The topological polar surface area (TPSA) is 15.3 Å². The van der Waals surface area contributed by atoms with Gasteiger partial charge in [-0.3, -0.25) is 0 Å². The van der Waals surface area contributed by atoms with Gasteiger partial charge in [0.15, 0.2) is 0 Å². The second kappa shape index (κ2) is 8.97. The summed E-state index contributed by atoms with van der Waals surface area (Å²) in [6.07, 6.45) is 9.63. The van der Waals surface area contributed by atoms with Gasteiger partial charge in [0.05, 0.1) is 0 Å². The van der Waals surface area contributed by atoms with Gasteiger partial charge in [-0.05, 0) is 38.8 Å². The number of nitrogens with one attached hydrogen (secondary N) is 1. The molecule has 1 N–H and O–H groups in total. The van der Waals surface area contributed by atoms with E-state index in [0.717, 1.165) is 17.9 Å². The van der Waals surface area contributed by atoms with Gasteiger partial charge in [0.1, 0.15) is 0 Å². The number of likely N-dealkylation sites (N-methyl/N-ethyl adjacent to an activating group) is 1. The first kappa shape index (κ1) is 17.0. The first-order chi connectivity index (χ1) is 9.13. The van der Waals surface area contributed by atoms with Crippen molar-refractivity contribution < 1.29 is 0 Å². The molecule has 0 aromatic carbocycles. The van der Waals surface area contributed by atoms with Crippen LogP contribution in [0, 0.1) is 11.8 Å². The van der Waals surface area contributed by atoms with Crippen LogP contribution in [0.15, 0.2) is 0 Å². The summed E-state index contributed by atoms with van der Waals surface area (Å²) in [5.74, 6) is 1.74. The molecule has 0 radical (unpaired) electrons. The third-order valence-electron chi connectivity index (χ3n) is 5.28. The van der Waals surface area contributed by atoms with Crippen molar-refractivity contribution in [3.63, 3.8) is 0 Å². The van der Waals surface area contributed by atoms with Gasteiger partial charge >= 0.3 is 0 Å². The summed E-state index contributed by atoms with van der Waals surface area (Å²) in [6.45, 7) is 8.19. The maximum absolute atomic E-state index is 3.91. The van der Waals surface area contributed by atoms with E-state index in [9.17, 15) is 0 Å². The molecular formula is C17H36N2. The largest absolute Gasteiger partial charge is 0.312 e. The first-order valence-corrected chi connectivity index (χ1v) is 8.53. The Kier molecular flexibility index (Phi) is 8.01. The SMILES string of the molecule is CCC1CCCCC1NCC(C(CC)CC)N(C)C. The summed E-state index contributed by atoms with van der Waals surface area (Å²) in [5, 5.41) is 3.91. The Balaban J connectivity index is 2.50. The van der Waals surface area contributed by atoms with Crippen LogP contribution in [0.3, 0.4) is 0 Å². The summed E-state index contributed by atoms with van der Waals surface area (Å²) < 4.78 is 0. The zero-order valence-corrected chi connectivity index (χ0v) is 13.9. The molecule has 1 saturated carbocycles. The zero-order valence-electron chi connectivity index (χ0n) is 13.9. The van der Waals surface area contributed by atoms with E-state index in [-0.39, 0.29) is 0 Å². The minimum atomic E-state index is 0.689. The number of hydrogen-bond acceptors (Lipinski definition) is 2. The third kappa shape index (κ3) is 5.07. The minimum absolute atomic E-state index is 0.689. The standard InChI is InChI=1S/C17H36N2/c1-6-14(7-2)17(19(4)5)13-18-16-12-10-9-11-15(16)8-3/h14-18H,6-13H2,1-5H3. The number of hydrogen-bond donors (Lipinski definition) is 1. The summed E-state index contributed by atoms with van der Waals surface area (Å²) in [6, 6.07) is 1.46. The van der Waals surface area contributed by atoms with E-state index < -0.39 is 0 Å². The van der Waals surface area contributed by atoms with E-state index in [0.29, 0.717) is 6.04 Å². The van der Waals surface area contributed by atoms with Gasteiger partial charge in [0.25, 0.3) is 0 Å². The van der Waals surface area contributed by atoms with Gasteiger partial charge in [0, 0.05) is 18.6 Å². The van der Waals surface area contributed by atoms with Crippen LogP contribution in [0.2, 0.25) is 0 Å². The maximum atomic E-state index is 3.91. The van der Waals surface area contributed by atoms with Crippen molar-refractivity contribution in [3.05, 3.63) is 0 Å². The molecule has 3 atom stereocenters. The quantitative estimate of drug-likeness (QED) is 0.718. The van der Waals surface area contributed by atoms with Crippen LogP contribution in [-0.4, -0.2) is 37.6 Å². The summed E-state index contributed by atoms with van der Waals surface area (Å²) in [7, 11) is 4.48. The van der Waals surface area contributed by atoms with Crippen molar-refractivity contribution in [3.8, 4) is 0 Å². The summed E-state index contributed by atoms with van der Waals surface area (Å²) >= 11 is 0. The van der Waals surface area contributed by atoms with Crippen molar-refractivity contribution >= 4 is 0 Å². The van der Waals surface area contributed by atoms with Crippen LogP contribution < -0.4 is 5.32 Å². The van der Waals surface area contributed by atoms with Crippen LogP contribution in [0.25, 0.3) is 0 Å². The second-order valence-corrected chi connectivity index (χ2v) is 6.58. The van der Waals surface area contributed by atoms with Crippen LogP contribution in [0.4, 0.5) is 0 Å². The fraction of sp³-hybridized carbons (Fsp3) is 1.00. The van der Waals surface area contributed by atoms with Crippen molar-refractivity contribution in [2.24, 2.45) is 11.8 Å². The Morgan fingerprint density at radius 3 is 2.21 bits per heavy atom. The Bertz CT molecular complexity index is 223. The molecule has 0 aromatic heterocycles. The van der Waals surface area contributed by atoms with Gasteiger partial charge in [0.2, 0.25) is 0 Å². The number of nitrogens with zero attached hydrogens (tertiary/aromatic N) is 1. The predicted octanol–water partition coefficient (Wildman–Crippen LogP) is 3.91. The molecule has 0 heterocycles. The highest BCUT2D eigenvalue weighted by Gasteiger charge is 2.26. The lowest BCUT2D eigenvalue weighted by molar-refractivity contribution is 0.171. The molecule has 3 unspecified atom stereocenters. The molecule has 0 bridgehead atoms. The third-order valence-corrected chi connectivity index (χ3v) is 5.28. The lowest BCUT2D eigenvalue weighted by atomic mass is 9.82. The van der Waals surface area contributed by atoms with Gasteiger partial charge < -0.3 is 10.2 Å². The van der Waals surface area contributed by atoms with E-state index in [4.69, 9.17) is 0 Å². The van der Waals surface area contributed by atoms with Crippen LogP contribution in [0.5, 0.6) is 0 Å². The minimum Gasteiger partial charge on any atom is -0.312 e. The smallest absolute Gasteiger partial charge is 0.0242 e. The molecule has 1 aliphatic carbocycles. The Labute approximate surface area is 121 Å². The summed E-state index contributed by atoms with van der Waals surface area (Å²) in [5.41, 5.74) is 0. The van der Waals surface area contributed by atoms with Gasteiger partial charge in [-0.25, -0.2) is 0 Å². The average molecular weight is 268 g/mol. The molecule has 0 amide bonds. The molecule has 0 saturated heterocycles. The lowest BCUT2D eigenvalue weighted by Gasteiger charge is -2.36. The molecule has 114 valence electrons. The van der Waals surface area contributed by atoms with Crippen LogP contribution >= 0.6 is 0 Å². The lowest BCUT2D eigenvalue weighted by Crippen LogP contribution is -2.48. The van der Waals surface area contributed by atoms with E-state index in [2.05, 4.69) is 45.1 Å². The molecule has 1 aliphatic rings. The molecule has 2 nitrogen and oxygen atoms in total. The van der Waals surface area contributed by atoms with Crippen molar-refractivity contribution in [1.29, 1.82) is 0 Å².